The van der Waals surface area contributed by atoms with Crippen LogP contribution in [-0.2, 0) is 23.9 Å². The van der Waals surface area contributed by atoms with Crippen molar-refractivity contribution in [3.05, 3.63) is 70.9 Å². The van der Waals surface area contributed by atoms with Crippen molar-refractivity contribution in [2.24, 2.45) is 0 Å². The fourth-order valence-corrected chi connectivity index (χ4v) is 6.44. The molecule has 4 aliphatic rings. The zero-order valence-corrected chi connectivity index (χ0v) is 24.6. The number of amides is 3. The van der Waals surface area contributed by atoms with E-state index in [4.69, 9.17) is 9.47 Å². The molecule has 1 saturated carbocycles. The molecule has 1 aromatic heterocycles. The van der Waals surface area contributed by atoms with Gasteiger partial charge in [0.1, 0.15) is 29.2 Å². The Hall–Kier alpha value is -4.36. The number of rotatable bonds is 7. The maximum absolute atomic E-state index is 14.0. The molecule has 3 N–H and O–H groups in total. The molecule has 7 rings (SSSR count). The van der Waals surface area contributed by atoms with E-state index >= 15 is 0 Å². The van der Waals surface area contributed by atoms with E-state index in [1.165, 1.54) is 12.1 Å². The number of piperazine rings is 1. The lowest BCUT2D eigenvalue weighted by Crippen LogP contribution is -2.45. The van der Waals surface area contributed by atoms with Crippen LogP contribution in [0.25, 0.3) is 0 Å². The number of nitrogens with one attached hydrogen (secondary N) is 3. The number of benzene rings is 2. The van der Waals surface area contributed by atoms with E-state index in [2.05, 4.69) is 32.8 Å². The van der Waals surface area contributed by atoms with Gasteiger partial charge in [0.25, 0.3) is 0 Å². The average molecular weight is 623 g/mol. The summed E-state index contributed by atoms with van der Waals surface area (Å²) in [6.45, 7) is 6.28. The Kier molecular flexibility index (Phi) is 7.52. The van der Waals surface area contributed by atoms with Crippen molar-refractivity contribution in [2.75, 3.05) is 43.4 Å². The van der Waals surface area contributed by atoms with E-state index in [0.717, 1.165) is 36.8 Å². The van der Waals surface area contributed by atoms with Crippen molar-refractivity contribution in [3.63, 3.8) is 0 Å². The van der Waals surface area contributed by atoms with E-state index in [1.807, 2.05) is 17.0 Å². The molecule has 10 nitrogen and oxygen atoms in total. The molecule has 3 atom stereocenters. The Morgan fingerprint density at radius 3 is 2.67 bits per heavy atom. The zero-order chi connectivity index (χ0) is 31.3. The predicted octanol–water partition coefficient (Wildman–Crippen LogP) is 4.96. The maximum Gasteiger partial charge on any atom is 0.416 e. The minimum atomic E-state index is -4.55. The van der Waals surface area contributed by atoms with Crippen LogP contribution < -0.4 is 25.4 Å². The number of alkyl halides is 3. The molecule has 0 bridgehead atoms. The molecule has 45 heavy (non-hydrogen) atoms. The molecule has 1 unspecified atom stereocenters. The highest BCUT2D eigenvalue weighted by molar-refractivity contribution is 5.93. The summed E-state index contributed by atoms with van der Waals surface area (Å²) in [7, 11) is 0. The summed E-state index contributed by atoms with van der Waals surface area (Å²) in [5.41, 5.74) is 1.21. The first-order chi connectivity index (χ1) is 21.7. The molecule has 13 heteroatoms. The summed E-state index contributed by atoms with van der Waals surface area (Å²) in [4.78, 5) is 33.1. The third kappa shape index (κ3) is 6.01. The number of hydrogen-bond donors (Lipinski definition) is 3. The maximum atomic E-state index is 14.0. The summed E-state index contributed by atoms with van der Waals surface area (Å²) in [6.07, 6.45) is -2.38. The molecule has 3 aromatic rings. The van der Waals surface area contributed by atoms with Crippen molar-refractivity contribution in [2.45, 2.75) is 50.6 Å². The first kappa shape index (κ1) is 29.4. The van der Waals surface area contributed by atoms with E-state index in [1.54, 1.807) is 18.3 Å². The van der Waals surface area contributed by atoms with Crippen molar-refractivity contribution < 1.29 is 32.2 Å². The normalized spacial score (nSPS) is 22.4. The number of fused-ring (bicyclic) bond motifs is 4. The molecule has 3 aliphatic heterocycles. The molecular formula is C32H33F3N6O4. The standard InChI is InChI=1S/C32H33F3N6O4/c1-2-40-11-13-41(14-12-40)17-18-3-4-19(15-23(18)32(33,34)35)37-31(43)39-28-27-22-16-20(5-7-24(22)45-29(27)28)44-25-9-10-36-30-21(25)6-8-26(42)38-30/h3-5,7,9-10,15-16,27-29H,2,6,8,11-14,17H2,1H3,(H,36,38,42)(H2,37,39,43)/t27?,28-,29-/m0/s1. The van der Waals surface area contributed by atoms with E-state index in [-0.39, 0.29) is 41.8 Å². The van der Waals surface area contributed by atoms with Gasteiger partial charge in [-0.25, -0.2) is 9.78 Å². The van der Waals surface area contributed by atoms with Crippen LogP contribution in [0.5, 0.6) is 17.2 Å². The number of pyridine rings is 1. The van der Waals surface area contributed by atoms with Crippen LogP contribution in [0.4, 0.5) is 29.5 Å². The van der Waals surface area contributed by atoms with Crippen LogP contribution in [-0.4, -0.2) is 71.6 Å². The average Bonchev–Trinajstić information content (AvgIpc) is 3.53. The van der Waals surface area contributed by atoms with Crippen LogP contribution in [0.1, 0.15) is 41.5 Å². The van der Waals surface area contributed by atoms with Crippen molar-refractivity contribution in [1.29, 1.82) is 0 Å². The minimum absolute atomic E-state index is 0.0686. The summed E-state index contributed by atoms with van der Waals surface area (Å²) in [6, 6.07) is 10.2. The number of nitrogens with zero attached hydrogens (tertiary/aromatic N) is 3. The van der Waals surface area contributed by atoms with Gasteiger partial charge in [-0.1, -0.05) is 13.0 Å². The molecule has 236 valence electrons. The summed E-state index contributed by atoms with van der Waals surface area (Å²) >= 11 is 0. The smallest absolute Gasteiger partial charge is 0.416 e. The van der Waals surface area contributed by atoms with Gasteiger partial charge in [0.2, 0.25) is 5.91 Å². The summed E-state index contributed by atoms with van der Waals surface area (Å²) in [5.74, 6) is 2.17. The summed E-state index contributed by atoms with van der Waals surface area (Å²) in [5, 5.41) is 8.18. The van der Waals surface area contributed by atoms with Crippen LogP contribution in [0.15, 0.2) is 48.7 Å². The van der Waals surface area contributed by atoms with E-state index in [9.17, 15) is 22.8 Å². The number of carbonyl (C=O) groups is 2. The van der Waals surface area contributed by atoms with Gasteiger partial charge in [-0.2, -0.15) is 13.2 Å². The Morgan fingerprint density at radius 1 is 1.09 bits per heavy atom. The Labute approximate surface area is 257 Å². The molecule has 2 aromatic carbocycles. The number of urea groups is 1. The largest absolute Gasteiger partial charge is 0.487 e. The van der Waals surface area contributed by atoms with Crippen molar-refractivity contribution >= 4 is 23.4 Å². The lowest BCUT2D eigenvalue weighted by molar-refractivity contribution is -0.138. The van der Waals surface area contributed by atoms with Crippen LogP contribution in [0.2, 0.25) is 0 Å². The van der Waals surface area contributed by atoms with Crippen molar-refractivity contribution in [1.82, 2.24) is 20.1 Å². The third-order valence-corrected chi connectivity index (χ3v) is 8.93. The van der Waals surface area contributed by atoms with Gasteiger partial charge in [-0.05, 0) is 54.9 Å². The highest BCUT2D eigenvalue weighted by Crippen LogP contribution is 2.54. The fraction of sp³-hybridized carbons (Fsp3) is 0.406. The molecule has 0 spiro atoms. The Balaban J connectivity index is 0.989. The third-order valence-electron chi connectivity index (χ3n) is 8.93. The lowest BCUT2D eigenvalue weighted by atomic mass is 10.0. The Morgan fingerprint density at radius 2 is 1.89 bits per heavy atom. The first-order valence-corrected chi connectivity index (χ1v) is 15.1. The molecule has 3 amide bonds. The number of likely N-dealkylation sites (N-methyl/N-ethyl adjacent to an activating group) is 1. The number of ether oxygens (including phenoxy) is 2. The number of carbonyl (C=O) groups excluding carboxylic acids is 2. The second kappa shape index (κ2) is 11.5. The highest BCUT2D eigenvalue weighted by atomic mass is 19.4. The van der Waals surface area contributed by atoms with Gasteiger partial charge in [0, 0.05) is 62.2 Å². The van der Waals surface area contributed by atoms with Gasteiger partial charge in [0.15, 0.2) is 0 Å². The number of anilines is 2. The van der Waals surface area contributed by atoms with E-state index in [0.29, 0.717) is 49.0 Å². The molecule has 1 saturated heterocycles. The molecule has 2 fully saturated rings. The van der Waals surface area contributed by atoms with Crippen LogP contribution in [0, 0.1) is 0 Å². The number of halogens is 3. The monoisotopic (exact) mass is 622 g/mol. The van der Waals surface area contributed by atoms with Crippen LogP contribution >= 0.6 is 0 Å². The minimum Gasteiger partial charge on any atom is -0.487 e. The molecule has 4 heterocycles. The zero-order valence-electron chi connectivity index (χ0n) is 24.6. The second-order valence-corrected chi connectivity index (χ2v) is 11.8. The topological polar surface area (TPSA) is 108 Å². The van der Waals surface area contributed by atoms with Crippen molar-refractivity contribution in [3.8, 4) is 17.2 Å². The Bertz CT molecular complexity index is 1640. The first-order valence-electron chi connectivity index (χ1n) is 15.1. The SMILES string of the molecule is CCN1CCN(Cc2ccc(NC(=O)N[C@H]3C4c5cc(Oc6ccnc7c6CCC(=O)N7)ccc5O[C@@H]43)cc2C(F)(F)F)CC1. The summed E-state index contributed by atoms with van der Waals surface area (Å²) < 4.78 is 54.2. The lowest BCUT2D eigenvalue weighted by Gasteiger charge is -2.34. The highest BCUT2D eigenvalue weighted by Gasteiger charge is 2.59. The quantitative estimate of drug-likeness (QED) is 0.342. The number of aromatic nitrogens is 1. The predicted molar refractivity (Wildman–Crippen MR) is 160 cm³/mol. The van der Waals surface area contributed by atoms with Gasteiger partial charge in [-0.3, -0.25) is 9.69 Å². The van der Waals surface area contributed by atoms with E-state index < -0.39 is 17.8 Å². The van der Waals surface area contributed by atoms with Crippen LogP contribution in [0.3, 0.4) is 0 Å². The molecule has 1 aliphatic carbocycles. The molecular weight excluding hydrogens is 589 g/mol. The second-order valence-electron chi connectivity index (χ2n) is 11.8. The van der Waals surface area contributed by atoms with Gasteiger partial charge >= 0.3 is 12.2 Å². The molecule has 0 radical (unpaired) electrons. The van der Waals surface area contributed by atoms with Gasteiger partial charge < -0.3 is 30.3 Å². The van der Waals surface area contributed by atoms with Gasteiger partial charge in [-0.15, -0.1) is 0 Å². The fourth-order valence-electron chi connectivity index (χ4n) is 6.44. The van der Waals surface area contributed by atoms with Gasteiger partial charge in [0.05, 0.1) is 17.5 Å². The number of hydrogen-bond acceptors (Lipinski definition) is 7.